The molecule has 0 aliphatic carbocycles. The van der Waals surface area contributed by atoms with Crippen LogP contribution >= 0.6 is 35.4 Å². The van der Waals surface area contributed by atoms with Gasteiger partial charge in [-0.15, -0.1) is 0 Å². The summed E-state index contributed by atoms with van der Waals surface area (Å²) in [6, 6.07) is 20.1. The minimum atomic E-state index is -0.111. The molecule has 7 heteroatoms. The Morgan fingerprint density at radius 1 is 0.914 bits per heavy atom. The monoisotopic (exact) mass is 520 g/mol. The molecule has 0 bridgehead atoms. The van der Waals surface area contributed by atoms with E-state index in [1.165, 1.54) is 11.1 Å². The van der Waals surface area contributed by atoms with Gasteiger partial charge in [0.1, 0.15) is 0 Å². The van der Waals surface area contributed by atoms with Gasteiger partial charge in [-0.25, -0.2) is 0 Å². The van der Waals surface area contributed by atoms with Gasteiger partial charge in [-0.1, -0.05) is 35.3 Å². The molecule has 2 aromatic carbocycles. The SMILES string of the molecule is Cc1ccc(N2C(=S)N[C@H](c3ccccn3)[C@H]2c2cc(C)n(-c3ccc(Cl)cc3Cl)c2C)cc1C. The largest absolute Gasteiger partial charge is 0.351 e. The van der Waals surface area contributed by atoms with Crippen LogP contribution in [0.5, 0.6) is 0 Å². The van der Waals surface area contributed by atoms with Crippen molar-refractivity contribution < 1.29 is 0 Å². The molecule has 2 aromatic heterocycles. The Bertz CT molecular complexity index is 1430. The van der Waals surface area contributed by atoms with Crippen molar-refractivity contribution in [1.29, 1.82) is 0 Å². The van der Waals surface area contributed by atoms with E-state index in [1.54, 1.807) is 6.07 Å². The van der Waals surface area contributed by atoms with Gasteiger partial charge in [0.05, 0.1) is 28.5 Å². The number of hydrogen-bond acceptors (Lipinski definition) is 2. The zero-order chi connectivity index (χ0) is 24.9. The Balaban J connectivity index is 1.70. The van der Waals surface area contributed by atoms with Gasteiger partial charge >= 0.3 is 0 Å². The van der Waals surface area contributed by atoms with Gasteiger partial charge in [-0.05, 0) is 105 Å². The molecule has 5 rings (SSSR count). The van der Waals surface area contributed by atoms with Crippen LogP contribution in [0.3, 0.4) is 0 Å². The molecule has 0 saturated carbocycles. The molecule has 178 valence electrons. The quantitative estimate of drug-likeness (QED) is 0.281. The van der Waals surface area contributed by atoms with Gasteiger partial charge < -0.3 is 14.8 Å². The molecule has 0 radical (unpaired) electrons. The van der Waals surface area contributed by atoms with Gasteiger partial charge in [-0.3, -0.25) is 4.98 Å². The first kappa shape index (κ1) is 23.9. The summed E-state index contributed by atoms with van der Waals surface area (Å²) < 4.78 is 2.18. The molecule has 1 aliphatic heterocycles. The van der Waals surface area contributed by atoms with Crippen LogP contribution < -0.4 is 10.2 Å². The minimum absolute atomic E-state index is 0.0921. The predicted octanol–water partition coefficient (Wildman–Crippen LogP) is 7.59. The van der Waals surface area contributed by atoms with Gasteiger partial charge in [0, 0.05) is 28.3 Å². The molecule has 0 unspecified atom stereocenters. The first-order chi connectivity index (χ1) is 16.8. The van der Waals surface area contributed by atoms with Crippen LogP contribution in [0.2, 0.25) is 10.0 Å². The van der Waals surface area contributed by atoms with Crippen molar-refractivity contribution in [2.45, 2.75) is 39.8 Å². The van der Waals surface area contributed by atoms with Crippen molar-refractivity contribution in [2.24, 2.45) is 0 Å². The van der Waals surface area contributed by atoms with E-state index in [0.29, 0.717) is 15.2 Å². The Labute approximate surface area is 221 Å². The molecule has 35 heavy (non-hydrogen) atoms. The zero-order valence-corrected chi connectivity index (χ0v) is 22.3. The summed E-state index contributed by atoms with van der Waals surface area (Å²) in [5.41, 5.74) is 8.72. The third-order valence-corrected chi connectivity index (χ3v) is 7.66. The molecule has 0 amide bonds. The first-order valence-corrected chi connectivity index (χ1v) is 12.6. The molecule has 4 nitrogen and oxygen atoms in total. The lowest BCUT2D eigenvalue weighted by Gasteiger charge is -2.28. The third kappa shape index (κ3) is 4.22. The number of pyridine rings is 1. The zero-order valence-electron chi connectivity index (χ0n) is 20.0. The van der Waals surface area contributed by atoms with E-state index in [-0.39, 0.29) is 12.1 Å². The summed E-state index contributed by atoms with van der Waals surface area (Å²) >= 11 is 18.7. The number of halogens is 2. The molecular formula is C28H26Cl2N4S. The fraction of sp³-hybridized carbons (Fsp3) is 0.214. The second-order valence-corrected chi connectivity index (χ2v) is 10.3. The fourth-order valence-electron chi connectivity index (χ4n) is 4.94. The van der Waals surface area contributed by atoms with Crippen LogP contribution in [0, 0.1) is 27.7 Å². The molecule has 1 N–H and O–H groups in total. The van der Waals surface area contributed by atoms with Crippen LogP contribution in [0.25, 0.3) is 5.69 Å². The van der Waals surface area contributed by atoms with Crippen molar-refractivity contribution in [3.8, 4) is 5.69 Å². The Hall–Kier alpha value is -2.86. The van der Waals surface area contributed by atoms with Crippen molar-refractivity contribution in [2.75, 3.05) is 4.90 Å². The molecule has 3 heterocycles. The summed E-state index contributed by atoms with van der Waals surface area (Å²) in [5.74, 6) is 0. The highest BCUT2D eigenvalue weighted by Gasteiger charge is 2.42. The maximum atomic E-state index is 6.62. The third-order valence-electron chi connectivity index (χ3n) is 6.81. The molecular weight excluding hydrogens is 495 g/mol. The van der Waals surface area contributed by atoms with Crippen molar-refractivity contribution in [3.63, 3.8) is 0 Å². The smallest absolute Gasteiger partial charge is 0.174 e. The standard InChI is InChI=1S/C28H26Cl2N4S/c1-16-8-10-21(13-17(16)2)34-27(26(32-28(34)35)24-7-5-6-12-31-24)22-14-18(3)33(19(22)4)25-11-9-20(29)15-23(25)30/h5-15,26-27H,1-4H3,(H,32,35)/t26-,27-/m1/s1. The fourth-order valence-corrected chi connectivity index (χ4v) is 5.78. The normalized spacial score (nSPS) is 17.7. The highest BCUT2D eigenvalue weighted by Crippen LogP contribution is 2.44. The maximum Gasteiger partial charge on any atom is 0.174 e. The molecule has 4 aromatic rings. The maximum absolute atomic E-state index is 6.62. The molecule has 0 spiro atoms. The minimum Gasteiger partial charge on any atom is -0.351 e. The van der Waals surface area contributed by atoms with Gasteiger partial charge in [0.2, 0.25) is 0 Å². The molecule has 2 atom stereocenters. The first-order valence-electron chi connectivity index (χ1n) is 11.5. The topological polar surface area (TPSA) is 33.1 Å². The lowest BCUT2D eigenvalue weighted by Crippen LogP contribution is -2.29. The summed E-state index contributed by atoms with van der Waals surface area (Å²) in [5, 5.41) is 5.46. The van der Waals surface area contributed by atoms with Crippen LogP contribution in [-0.4, -0.2) is 14.7 Å². The Morgan fingerprint density at radius 3 is 2.40 bits per heavy atom. The summed E-state index contributed by atoms with van der Waals surface area (Å²) in [6.45, 7) is 8.48. The predicted molar refractivity (Wildman–Crippen MR) is 149 cm³/mol. The van der Waals surface area contributed by atoms with Crippen molar-refractivity contribution in [1.82, 2.24) is 14.9 Å². The van der Waals surface area contributed by atoms with E-state index < -0.39 is 0 Å². The number of anilines is 1. The van der Waals surface area contributed by atoms with E-state index in [4.69, 9.17) is 35.4 Å². The number of aryl methyl sites for hydroxylation is 3. The second kappa shape index (κ2) is 9.30. The number of thiocarbonyl (C=S) groups is 1. The summed E-state index contributed by atoms with van der Waals surface area (Å²) in [6.07, 6.45) is 1.83. The number of benzene rings is 2. The van der Waals surface area contributed by atoms with E-state index in [1.807, 2.05) is 36.5 Å². The second-order valence-electron chi connectivity index (χ2n) is 9.02. The van der Waals surface area contributed by atoms with Crippen LogP contribution in [-0.2, 0) is 0 Å². The van der Waals surface area contributed by atoms with Gasteiger partial charge in [0.15, 0.2) is 5.11 Å². The summed E-state index contributed by atoms with van der Waals surface area (Å²) in [7, 11) is 0. The van der Waals surface area contributed by atoms with Crippen LogP contribution in [0.1, 0.15) is 45.9 Å². The average Bonchev–Trinajstić information content (AvgIpc) is 3.32. The number of nitrogens with one attached hydrogen (secondary N) is 1. The van der Waals surface area contributed by atoms with E-state index >= 15 is 0 Å². The lowest BCUT2D eigenvalue weighted by atomic mass is 9.96. The van der Waals surface area contributed by atoms with Gasteiger partial charge in [0.25, 0.3) is 0 Å². The van der Waals surface area contributed by atoms with Crippen LogP contribution in [0.15, 0.2) is 66.9 Å². The molecule has 1 saturated heterocycles. The highest BCUT2D eigenvalue weighted by atomic mass is 35.5. The lowest BCUT2D eigenvalue weighted by molar-refractivity contribution is 0.565. The Morgan fingerprint density at radius 2 is 1.71 bits per heavy atom. The van der Waals surface area contributed by atoms with Crippen molar-refractivity contribution >= 4 is 46.2 Å². The van der Waals surface area contributed by atoms with Crippen LogP contribution in [0.4, 0.5) is 5.69 Å². The van der Waals surface area contributed by atoms with Gasteiger partial charge in [-0.2, -0.15) is 0 Å². The highest BCUT2D eigenvalue weighted by molar-refractivity contribution is 7.80. The molecule has 1 aliphatic rings. The number of nitrogens with zero attached hydrogens (tertiary/aromatic N) is 3. The Kier molecular flexibility index (Phi) is 6.34. The molecule has 1 fully saturated rings. The van der Waals surface area contributed by atoms with E-state index in [0.717, 1.165) is 34.0 Å². The van der Waals surface area contributed by atoms with E-state index in [2.05, 4.69) is 71.7 Å². The van der Waals surface area contributed by atoms with E-state index in [9.17, 15) is 0 Å². The van der Waals surface area contributed by atoms with Crippen molar-refractivity contribution in [3.05, 3.63) is 111 Å². The average molecular weight is 522 g/mol. The summed E-state index contributed by atoms with van der Waals surface area (Å²) in [4.78, 5) is 6.90. The number of hydrogen-bond donors (Lipinski definition) is 1. The number of rotatable bonds is 4. The number of aromatic nitrogens is 2.